The fourth-order valence-corrected chi connectivity index (χ4v) is 8.23. The monoisotopic (exact) mass is 628 g/mol. The van der Waals surface area contributed by atoms with Crippen molar-refractivity contribution in [2.75, 3.05) is 0 Å². The summed E-state index contributed by atoms with van der Waals surface area (Å²) in [6.07, 6.45) is 12.8. The number of hydroxylamine groups is 6. The molecule has 0 radical (unpaired) electrons. The molecule has 3 rings (SSSR count). The molecule has 0 aliphatic carbocycles. The van der Waals surface area contributed by atoms with Crippen molar-refractivity contribution in [2.45, 2.75) is 219 Å². The maximum Gasteiger partial charge on any atom is 0.139 e. The maximum absolute atomic E-state index is 12.0. The van der Waals surface area contributed by atoms with Gasteiger partial charge in [-0.15, -0.1) is 0 Å². The molecule has 4 N–H and O–H groups in total. The molecule has 3 fully saturated rings. The van der Waals surface area contributed by atoms with Gasteiger partial charge in [-0.2, -0.15) is 15.2 Å². The van der Waals surface area contributed by atoms with Gasteiger partial charge in [-0.3, -0.25) is 4.79 Å². The van der Waals surface area contributed by atoms with Crippen LogP contribution in [0.4, 0.5) is 0 Å². The topological polar surface area (TPSA) is 108 Å². The lowest BCUT2D eigenvalue weighted by Gasteiger charge is -2.53. The molecule has 3 heterocycles. The predicted octanol–water partition coefficient (Wildman–Crippen LogP) is 8.77. The van der Waals surface area contributed by atoms with Crippen LogP contribution in [0.1, 0.15) is 180 Å². The Balaban J connectivity index is 0.000000330. The van der Waals surface area contributed by atoms with Crippen molar-refractivity contribution < 1.29 is 25.5 Å². The smallest absolute Gasteiger partial charge is 0.139 e. The minimum Gasteiger partial charge on any atom is -0.393 e. The molecule has 7 atom stereocenters. The first-order valence-electron chi connectivity index (χ1n) is 17.9. The molecule has 44 heavy (non-hydrogen) atoms. The fraction of sp³-hybridized carbons (Fsp3) is 0.972. The number of ketones is 1. The van der Waals surface area contributed by atoms with Crippen molar-refractivity contribution in [1.29, 1.82) is 0 Å². The zero-order valence-corrected chi connectivity index (χ0v) is 31.1. The van der Waals surface area contributed by atoms with Crippen LogP contribution >= 0.6 is 0 Å². The van der Waals surface area contributed by atoms with E-state index >= 15 is 0 Å². The summed E-state index contributed by atoms with van der Waals surface area (Å²) in [4.78, 5) is 12.0. The van der Waals surface area contributed by atoms with Crippen molar-refractivity contribution in [3.05, 3.63) is 0 Å². The second kappa shape index (κ2) is 16.0. The summed E-state index contributed by atoms with van der Waals surface area (Å²) in [5.74, 6) is 0.182. The van der Waals surface area contributed by atoms with Gasteiger partial charge < -0.3 is 20.7 Å². The van der Waals surface area contributed by atoms with Gasteiger partial charge in [0.2, 0.25) is 0 Å². The van der Waals surface area contributed by atoms with E-state index in [0.29, 0.717) is 19.3 Å². The first-order chi connectivity index (χ1) is 20.2. The Morgan fingerprint density at radius 1 is 0.636 bits per heavy atom. The second-order valence-electron chi connectivity index (χ2n) is 16.0. The lowest BCUT2D eigenvalue weighted by atomic mass is 9.70. The molecule has 0 bridgehead atoms. The summed E-state index contributed by atoms with van der Waals surface area (Å²) in [6, 6.07) is 0. The fourth-order valence-electron chi connectivity index (χ4n) is 8.23. The molecule has 7 unspecified atom stereocenters. The summed E-state index contributed by atoms with van der Waals surface area (Å²) in [5, 5.41) is 45.4. The van der Waals surface area contributed by atoms with E-state index in [4.69, 9.17) is 0 Å². The molecular formula is C36H73N3O5. The average molecular weight is 628 g/mol. The van der Waals surface area contributed by atoms with Crippen LogP contribution in [0.25, 0.3) is 0 Å². The third-order valence-electron chi connectivity index (χ3n) is 12.4. The maximum atomic E-state index is 12.0. The van der Waals surface area contributed by atoms with Gasteiger partial charge in [0.15, 0.2) is 0 Å². The molecule has 262 valence electrons. The molecule has 0 saturated carbocycles. The number of piperidine rings is 3. The highest BCUT2D eigenvalue weighted by Gasteiger charge is 2.52. The molecule has 3 aliphatic rings. The van der Waals surface area contributed by atoms with E-state index in [2.05, 4.69) is 41.5 Å². The SMILES string of the molecule is CCC1(C)CC(=O)C(C)C(C)(CC)N1O.CCC1(C)CC(O)CC(C)(CC)N1O.CCCC1(C)CCCC(C)(CCC)N1O. The van der Waals surface area contributed by atoms with E-state index in [0.717, 1.165) is 64.2 Å². The number of hydrogen-bond acceptors (Lipinski definition) is 8. The van der Waals surface area contributed by atoms with Crippen molar-refractivity contribution in [3.63, 3.8) is 0 Å². The molecule has 3 saturated heterocycles. The van der Waals surface area contributed by atoms with Gasteiger partial charge in [-0.25, -0.2) is 0 Å². The summed E-state index contributed by atoms with van der Waals surface area (Å²) in [6.45, 7) is 26.9. The number of rotatable bonds is 8. The van der Waals surface area contributed by atoms with Crippen molar-refractivity contribution in [2.24, 2.45) is 5.92 Å². The molecule has 0 aromatic heterocycles. The van der Waals surface area contributed by atoms with Crippen LogP contribution in [-0.4, -0.2) is 81.0 Å². The third-order valence-corrected chi connectivity index (χ3v) is 12.4. The van der Waals surface area contributed by atoms with Crippen LogP contribution in [0.3, 0.4) is 0 Å². The number of carbonyl (C=O) groups excluding carboxylic acids is 1. The van der Waals surface area contributed by atoms with Crippen molar-refractivity contribution >= 4 is 5.78 Å². The first-order valence-corrected chi connectivity index (χ1v) is 17.9. The minimum absolute atomic E-state index is 0.0108. The lowest BCUT2D eigenvalue weighted by Crippen LogP contribution is -2.65. The molecule has 0 aromatic rings. The summed E-state index contributed by atoms with van der Waals surface area (Å²) < 4.78 is 0. The van der Waals surface area contributed by atoms with Gasteiger partial charge in [0.25, 0.3) is 0 Å². The summed E-state index contributed by atoms with van der Waals surface area (Å²) in [7, 11) is 0. The van der Waals surface area contributed by atoms with Crippen LogP contribution < -0.4 is 0 Å². The van der Waals surface area contributed by atoms with Crippen LogP contribution in [0.15, 0.2) is 0 Å². The number of carbonyl (C=O) groups is 1. The Morgan fingerprint density at radius 2 is 1.02 bits per heavy atom. The number of hydrogen-bond donors (Lipinski definition) is 4. The van der Waals surface area contributed by atoms with Gasteiger partial charge in [-0.05, 0) is 112 Å². The molecular weight excluding hydrogens is 554 g/mol. The molecule has 8 nitrogen and oxygen atoms in total. The van der Waals surface area contributed by atoms with Crippen molar-refractivity contribution in [1.82, 2.24) is 15.2 Å². The first kappa shape index (κ1) is 41.4. The van der Waals surface area contributed by atoms with Gasteiger partial charge in [0.05, 0.1) is 17.2 Å². The Bertz CT molecular complexity index is 859. The minimum atomic E-state index is -0.417. The largest absolute Gasteiger partial charge is 0.393 e. The Labute approximate surface area is 271 Å². The molecule has 0 spiro atoms. The van der Waals surface area contributed by atoms with Crippen LogP contribution in [0.2, 0.25) is 0 Å². The highest BCUT2D eigenvalue weighted by Crippen LogP contribution is 2.43. The van der Waals surface area contributed by atoms with Crippen molar-refractivity contribution in [3.8, 4) is 0 Å². The predicted molar refractivity (Wildman–Crippen MR) is 180 cm³/mol. The Kier molecular flexibility index (Phi) is 15.1. The molecule has 0 aromatic carbocycles. The van der Waals surface area contributed by atoms with E-state index in [-0.39, 0.29) is 40.0 Å². The Hall–Kier alpha value is -0.610. The van der Waals surface area contributed by atoms with Gasteiger partial charge in [0, 0.05) is 34.5 Å². The summed E-state index contributed by atoms with van der Waals surface area (Å²) in [5.41, 5.74) is -1.34. The molecule has 3 aliphatic heterocycles. The van der Waals surface area contributed by atoms with E-state index in [1.807, 2.05) is 48.5 Å². The van der Waals surface area contributed by atoms with E-state index in [9.17, 15) is 25.5 Å². The van der Waals surface area contributed by atoms with Gasteiger partial charge in [0.1, 0.15) is 5.78 Å². The van der Waals surface area contributed by atoms with Crippen LogP contribution in [0.5, 0.6) is 0 Å². The normalized spacial score (nSPS) is 42.2. The van der Waals surface area contributed by atoms with Gasteiger partial charge in [-0.1, -0.05) is 61.3 Å². The van der Waals surface area contributed by atoms with Crippen LogP contribution in [0, 0.1) is 5.92 Å². The highest BCUT2D eigenvalue weighted by molar-refractivity contribution is 5.84. The van der Waals surface area contributed by atoms with E-state index < -0.39 is 11.1 Å². The number of aliphatic hydroxyl groups is 1. The van der Waals surface area contributed by atoms with E-state index in [1.165, 1.54) is 16.5 Å². The zero-order valence-electron chi connectivity index (χ0n) is 31.1. The average Bonchev–Trinajstić information content (AvgIpc) is 2.97. The van der Waals surface area contributed by atoms with E-state index in [1.54, 1.807) is 5.06 Å². The highest BCUT2D eigenvalue weighted by atomic mass is 16.5. The lowest BCUT2D eigenvalue weighted by molar-refractivity contribution is -0.269. The summed E-state index contributed by atoms with van der Waals surface area (Å²) >= 11 is 0. The number of aliphatic hydroxyl groups excluding tert-OH is 1. The standard InChI is InChI=1S/C13H27NO.C12H23NO2.C11H23NO2/c1-5-8-12(3)10-7-11-13(4,9-6-2)14(12)15;1-6-11(4)8-10(14)9(3)12(5,7-2)13(11)15;1-5-10(3)7-9(13)8-11(4,6-2)12(10)14/h15H,5-11H2,1-4H3;9,15H,6-8H2,1-5H3;9,13-14H,5-8H2,1-4H3. The van der Waals surface area contributed by atoms with Gasteiger partial charge >= 0.3 is 0 Å². The molecule has 8 heteroatoms. The molecule has 0 amide bonds. The number of Topliss-reactive ketones (excluding diaryl/α,β-unsaturated/α-hetero) is 1. The zero-order chi connectivity index (χ0) is 34.4. The third kappa shape index (κ3) is 8.64. The Morgan fingerprint density at radius 3 is 1.36 bits per heavy atom. The van der Waals surface area contributed by atoms with Crippen LogP contribution in [-0.2, 0) is 4.79 Å². The number of nitrogens with zero attached hydrogens (tertiary/aromatic N) is 3. The quantitative estimate of drug-likeness (QED) is 0.212. The second-order valence-corrected chi connectivity index (χ2v) is 16.0.